The molecule has 1 unspecified atom stereocenters. The zero-order valence-electron chi connectivity index (χ0n) is 14.7. The van der Waals surface area contributed by atoms with E-state index in [0.29, 0.717) is 19.4 Å². The third-order valence-corrected chi connectivity index (χ3v) is 4.34. The van der Waals surface area contributed by atoms with Crippen LogP contribution < -0.4 is 0 Å². The zero-order chi connectivity index (χ0) is 17.6. The first-order chi connectivity index (χ1) is 10.7. The molecule has 1 aliphatic heterocycles. The topological polar surface area (TPSA) is 88.4 Å². The summed E-state index contributed by atoms with van der Waals surface area (Å²) in [6, 6.07) is 0. The summed E-state index contributed by atoms with van der Waals surface area (Å²) in [5.74, 6) is 3.11. The van der Waals surface area contributed by atoms with Crippen molar-refractivity contribution in [2.75, 3.05) is 6.61 Å². The zero-order valence-corrected chi connectivity index (χ0v) is 15.7. The molecule has 3 N–H and O–H groups in total. The third-order valence-electron chi connectivity index (χ3n) is 3.41. The molecule has 7 heteroatoms. The fourth-order valence-electron chi connectivity index (χ4n) is 2.27. The first-order valence-corrected chi connectivity index (χ1v) is 11.6. The van der Waals surface area contributed by atoms with Crippen LogP contribution in [0.25, 0.3) is 0 Å². The van der Waals surface area contributed by atoms with Gasteiger partial charge in [-0.15, -0.1) is 11.5 Å². The Bertz CT molecular complexity index is 413. The van der Waals surface area contributed by atoms with Gasteiger partial charge in [-0.05, 0) is 20.3 Å². The lowest BCUT2D eigenvalue weighted by Gasteiger charge is -2.40. The van der Waals surface area contributed by atoms with Gasteiger partial charge in [0.2, 0.25) is 0 Å². The van der Waals surface area contributed by atoms with Crippen molar-refractivity contribution in [3.05, 3.63) is 0 Å². The highest BCUT2D eigenvalue weighted by Crippen LogP contribution is 2.25. The first kappa shape index (κ1) is 20.6. The van der Waals surface area contributed by atoms with Gasteiger partial charge in [-0.1, -0.05) is 19.6 Å². The second kappa shape index (κ2) is 9.13. The van der Waals surface area contributed by atoms with Gasteiger partial charge in [0, 0.05) is 13.0 Å². The molecule has 0 aliphatic carbocycles. The number of aliphatic hydroxyl groups is 3. The summed E-state index contributed by atoms with van der Waals surface area (Å²) in [4.78, 5) is 0. The van der Waals surface area contributed by atoms with Crippen LogP contribution in [0.2, 0.25) is 19.6 Å². The average Bonchev–Trinajstić information content (AvgIpc) is 2.44. The van der Waals surface area contributed by atoms with E-state index >= 15 is 0 Å². The Balaban J connectivity index is 2.62. The van der Waals surface area contributed by atoms with Crippen molar-refractivity contribution >= 4 is 8.07 Å². The average molecular weight is 346 g/mol. The molecule has 0 aromatic heterocycles. The molecule has 1 rings (SSSR count). The Kier molecular flexibility index (Phi) is 8.17. The number of rotatable bonds is 6. The summed E-state index contributed by atoms with van der Waals surface area (Å²) < 4.78 is 16.3. The molecule has 1 aliphatic rings. The maximum absolute atomic E-state index is 10.1. The van der Waals surface area contributed by atoms with Gasteiger partial charge >= 0.3 is 0 Å². The van der Waals surface area contributed by atoms with Gasteiger partial charge in [0.1, 0.15) is 26.4 Å². The van der Waals surface area contributed by atoms with E-state index in [0.717, 1.165) is 0 Å². The largest absolute Gasteiger partial charge is 0.388 e. The van der Waals surface area contributed by atoms with Crippen molar-refractivity contribution in [2.24, 2.45) is 0 Å². The molecule has 1 saturated heterocycles. The minimum Gasteiger partial charge on any atom is -0.388 e. The lowest BCUT2D eigenvalue weighted by Crippen LogP contribution is -2.58. The standard InChI is InChI=1S/C16H30O6Si/c1-6-20-11(2)21-16-15(19)14(18)13(17)12(22-16)9-7-8-10-23(3,4)5/h11-19H,6-7,9H2,1-5H3/t11?,12-,13-,14+,15+,16+/m1/s1. The smallest absolute Gasteiger partial charge is 0.189 e. The number of hydrogen-bond donors (Lipinski definition) is 3. The fraction of sp³-hybridized carbons (Fsp3) is 0.875. The Labute approximate surface area is 139 Å². The Morgan fingerprint density at radius 3 is 2.35 bits per heavy atom. The number of hydrogen-bond acceptors (Lipinski definition) is 6. The quantitative estimate of drug-likeness (QED) is 0.375. The number of ether oxygens (including phenoxy) is 3. The molecule has 134 valence electrons. The Hall–Kier alpha value is -0.463. The van der Waals surface area contributed by atoms with Crippen LogP contribution >= 0.6 is 0 Å². The van der Waals surface area contributed by atoms with Gasteiger partial charge in [-0.2, -0.15) is 0 Å². The summed E-state index contributed by atoms with van der Waals surface area (Å²) in [6.07, 6.45) is -5.04. The van der Waals surface area contributed by atoms with Crippen LogP contribution in [0.5, 0.6) is 0 Å². The molecule has 0 aromatic carbocycles. The molecule has 6 nitrogen and oxygen atoms in total. The highest BCUT2D eigenvalue weighted by atomic mass is 28.3. The second-order valence-corrected chi connectivity index (χ2v) is 11.5. The van der Waals surface area contributed by atoms with Crippen LogP contribution in [-0.2, 0) is 14.2 Å². The first-order valence-electron chi connectivity index (χ1n) is 8.12. The van der Waals surface area contributed by atoms with E-state index < -0.39 is 45.1 Å². The summed E-state index contributed by atoms with van der Waals surface area (Å²) in [5, 5.41) is 30.0. The lowest BCUT2D eigenvalue weighted by molar-refractivity contribution is -0.331. The van der Waals surface area contributed by atoms with Crippen molar-refractivity contribution in [3.8, 4) is 11.5 Å². The molecule has 6 atom stereocenters. The molecule has 23 heavy (non-hydrogen) atoms. The van der Waals surface area contributed by atoms with E-state index in [1.54, 1.807) is 6.92 Å². The van der Waals surface area contributed by atoms with E-state index in [4.69, 9.17) is 14.2 Å². The molecule has 1 heterocycles. The summed E-state index contributed by atoms with van der Waals surface area (Å²) in [7, 11) is -1.42. The molecule has 0 bridgehead atoms. The van der Waals surface area contributed by atoms with Crippen LogP contribution in [0, 0.1) is 11.5 Å². The predicted molar refractivity (Wildman–Crippen MR) is 89.2 cm³/mol. The minimum absolute atomic E-state index is 0.463. The van der Waals surface area contributed by atoms with Crippen LogP contribution in [0.3, 0.4) is 0 Å². The highest BCUT2D eigenvalue weighted by molar-refractivity contribution is 6.83. The van der Waals surface area contributed by atoms with Crippen molar-refractivity contribution in [1.29, 1.82) is 0 Å². The van der Waals surface area contributed by atoms with Gasteiger partial charge in [0.05, 0.1) is 6.10 Å². The van der Waals surface area contributed by atoms with Crippen LogP contribution in [0.1, 0.15) is 26.7 Å². The van der Waals surface area contributed by atoms with Gasteiger partial charge in [-0.25, -0.2) is 0 Å². The van der Waals surface area contributed by atoms with Crippen LogP contribution in [-0.4, -0.2) is 67.0 Å². The summed E-state index contributed by atoms with van der Waals surface area (Å²) >= 11 is 0. The normalized spacial score (nSPS) is 33.0. The molecular weight excluding hydrogens is 316 g/mol. The third kappa shape index (κ3) is 6.89. The Morgan fingerprint density at radius 2 is 1.78 bits per heavy atom. The van der Waals surface area contributed by atoms with E-state index in [2.05, 4.69) is 31.1 Å². The second-order valence-electron chi connectivity index (χ2n) is 6.76. The van der Waals surface area contributed by atoms with E-state index in [1.807, 2.05) is 6.92 Å². The monoisotopic (exact) mass is 346 g/mol. The van der Waals surface area contributed by atoms with E-state index in [9.17, 15) is 15.3 Å². The van der Waals surface area contributed by atoms with Gasteiger partial charge in [0.25, 0.3) is 0 Å². The maximum atomic E-state index is 10.1. The number of aliphatic hydroxyl groups excluding tert-OH is 3. The fourth-order valence-corrected chi connectivity index (χ4v) is 2.93. The molecule has 0 radical (unpaired) electrons. The van der Waals surface area contributed by atoms with Gasteiger partial charge in [-0.3, -0.25) is 0 Å². The SMILES string of the molecule is CCOC(C)O[C@H]1O[C@H](CCC#C[Si](C)(C)C)[C@@H](O)[C@H](O)[C@@H]1O. The van der Waals surface area contributed by atoms with Crippen molar-refractivity contribution in [1.82, 2.24) is 0 Å². The predicted octanol–water partition coefficient (Wildman–Crippen LogP) is 0.854. The van der Waals surface area contributed by atoms with Crippen LogP contribution in [0.15, 0.2) is 0 Å². The van der Waals surface area contributed by atoms with Crippen molar-refractivity contribution in [2.45, 2.75) is 83.3 Å². The van der Waals surface area contributed by atoms with E-state index in [1.165, 1.54) is 0 Å². The van der Waals surface area contributed by atoms with Crippen LogP contribution in [0.4, 0.5) is 0 Å². The molecular formula is C16H30O6Si. The molecule has 0 saturated carbocycles. The summed E-state index contributed by atoms with van der Waals surface area (Å²) in [6.45, 7) is 10.5. The minimum atomic E-state index is -1.42. The molecule has 0 aromatic rings. The highest BCUT2D eigenvalue weighted by Gasteiger charge is 2.44. The van der Waals surface area contributed by atoms with Gasteiger partial charge in [0.15, 0.2) is 12.6 Å². The molecule has 0 spiro atoms. The molecule has 1 fully saturated rings. The molecule has 0 amide bonds. The summed E-state index contributed by atoms with van der Waals surface area (Å²) in [5.41, 5.74) is 3.25. The lowest BCUT2D eigenvalue weighted by atomic mass is 9.96. The van der Waals surface area contributed by atoms with Crippen molar-refractivity contribution in [3.63, 3.8) is 0 Å². The van der Waals surface area contributed by atoms with Gasteiger partial charge < -0.3 is 29.5 Å². The van der Waals surface area contributed by atoms with E-state index in [-0.39, 0.29) is 0 Å². The Morgan fingerprint density at radius 1 is 1.13 bits per heavy atom. The van der Waals surface area contributed by atoms with Crippen molar-refractivity contribution < 1.29 is 29.5 Å². The maximum Gasteiger partial charge on any atom is 0.189 e.